The number of nitrogens with zero attached hydrogens (tertiary/aromatic N) is 3. The second kappa shape index (κ2) is 6.57. The van der Waals surface area contributed by atoms with Crippen molar-refractivity contribution in [1.82, 2.24) is 14.9 Å². The number of hydrogen-bond donors (Lipinski definition) is 1. The number of benzene rings is 1. The Kier molecular flexibility index (Phi) is 4.24. The van der Waals surface area contributed by atoms with Gasteiger partial charge < -0.3 is 14.8 Å². The molecule has 0 saturated carbocycles. The lowest BCUT2D eigenvalue weighted by Gasteiger charge is -2.28. The zero-order valence-electron chi connectivity index (χ0n) is 15.2. The molecular weight excluding hydrogens is 340 g/mol. The molecule has 4 nitrogen and oxygen atoms in total. The van der Waals surface area contributed by atoms with Crippen molar-refractivity contribution < 1.29 is 0 Å². The van der Waals surface area contributed by atoms with Crippen molar-refractivity contribution in [2.45, 2.75) is 25.9 Å². The van der Waals surface area contributed by atoms with E-state index >= 15 is 0 Å². The minimum atomic E-state index is -0.00258. The molecule has 4 rings (SSSR count). The lowest BCUT2D eigenvalue weighted by molar-refractivity contribution is 0.539. The van der Waals surface area contributed by atoms with Gasteiger partial charge in [0, 0.05) is 30.3 Å². The van der Waals surface area contributed by atoms with E-state index in [0.717, 1.165) is 16.5 Å². The van der Waals surface area contributed by atoms with Crippen LogP contribution < -0.4 is 10.2 Å². The van der Waals surface area contributed by atoms with E-state index in [9.17, 15) is 0 Å². The molecule has 1 aromatic carbocycles. The van der Waals surface area contributed by atoms with E-state index < -0.39 is 0 Å². The Hall–Kier alpha value is -2.66. The minimum absolute atomic E-state index is 0.00258. The van der Waals surface area contributed by atoms with Crippen molar-refractivity contribution in [2.75, 3.05) is 4.90 Å². The molecule has 26 heavy (non-hydrogen) atoms. The molecule has 1 N–H and O–H groups in total. The van der Waals surface area contributed by atoms with Crippen molar-refractivity contribution in [3.05, 3.63) is 83.4 Å². The van der Waals surface area contributed by atoms with Crippen LogP contribution in [0.2, 0.25) is 0 Å². The smallest absolute Gasteiger partial charge is 0.174 e. The summed E-state index contributed by atoms with van der Waals surface area (Å²) in [5.74, 6) is 0. The van der Waals surface area contributed by atoms with Crippen molar-refractivity contribution in [3.63, 3.8) is 0 Å². The first-order chi connectivity index (χ1) is 12.6. The number of hydrogen-bond acceptors (Lipinski definition) is 2. The first kappa shape index (κ1) is 16.8. The highest BCUT2D eigenvalue weighted by molar-refractivity contribution is 7.80. The van der Waals surface area contributed by atoms with Crippen LogP contribution in [-0.4, -0.2) is 14.7 Å². The van der Waals surface area contributed by atoms with Crippen molar-refractivity contribution in [2.24, 2.45) is 7.05 Å². The standard InChI is InChI=1S/C21H22N4S/c1-14-7-6-8-16(13-14)25-20(18-11-10-15(2)24(18)3)19(23-21(25)26)17-9-4-5-12-22-17/h4-13,19-20H,1-3H3,(H,23,26)/t19-,20-/m1/s1. The SMILES string of the molecule is Cc1cccc(N2C(=S)N[C@H](c3ccccn3)[C@H]2c2ccc(C)n2C)c1. The molecular formula is C21H22N4S. The van der Waals surface area contributed by atoms with Gasteiger partial charge in [-0.25, -0.2) is 0 Å². The van der Waals surface area contributed by atoms with E-state index in [1.807, 2.05) is 18.3 Å². The van der Waals surface area contributed by atoms with Crippen LogP contribution in [0.25, 0.3) is 0 Å². The van der Waals surface area contributed by atoms with Crippen LogP contribution in [0, 0.1) is 13.8 Å². The van der Waals surface area contributed by atoms with Gasteiger partial charge in [0.25, 0.3) is 0 Å². The fourth-order valence-corrected chi connectivity index (χ4v) is 3.99. The molecule has 2 atom stereocenters. The van der Waals surface area contributed by atoms with Crippen LogP contribution in [0.3, 0.4) is 0 Å². The van der Waals surface area contributed by atoms with Crippen LogP contribution in [0.5, 0.6) is 0 Å². The maximum atomic E-state index is 5.75. The van der Waals surface area contributed by atoms with E-state index in [1.54, 1.807) is 0 Å². The summed E-state index contributed by atoms with van der Waals surface area (Å²) in [7, 11) is 2.11. The summed E-state index contributed by atoms with van der Waals surface area (Å²) in [6, 6.07) is 18.9. The van der Waals surface area contributed by atoms with E-state index in [1.165, 1.54) is 17.0 Å². The predicted octanol–water partition coefficient (Wildman–Crippen LogP) is 4.21. The fraction of sp³-hybridized carbons (Fsp3) is 0.238. The highest BCUT2D eigenvalue weighted by Gasteiger charge is 2.41. The van der Waals surface area contributed by atoms with Gasteiger partial charge in [0.15, 0.2) is 5.11 Å². The first-order valence-corrected chi connectivity index (χ1v) is 9.16. The van der Waals surface area contributed by atoms with Gasteiger partial charge in [0.05, 0.1) is 11.7 Å². The summed E-state index contributed by atoms with van der Waals surface area (Å²) in [6.45, 7) is 4.23. The quantitative estimate of drug-likeness (QED) is 0.708. The molecule has 5 heteroatoms. The number of thiocarbonyl (C=S) groups is 1. The van der Waals surface area contributed by atoms with E-state index in [-0.39, 0.29) is 12.1 Å². The molecule has 0 bridgehead atoms. The summed E-state index contributed by atoms with van der Waals surface area (Å²) in [5.41, 5.74) is 5.75. The summed E-state index contributed by atoms with van der Waals surface area (Å²) >= 11 is 5.75. The largest absolute Gasteiger partial charge is 0.351 e. The van der Waals surface area contributed by atoms with Crippen LogP contribution >= 0.6 is 12.2 Å². The lowest BCUT2D eigenvalue weighted by atomic mass is 10.0. The van der Waals surface area contributed by atoms with Gasteiger partial charge in [0.2, 0.25) is 0 Å². The number of pyridine rings is 1. The van der Waals surface area contributed by atoms with Gasteiger partial charge in [0.1, 0.15) is 6.04 Å². The first-order valence-electron chi connectivity index (χ1n) is 8.76. The number of rotatable bonds is 3. The number of anilines is 1. The fourth-order valence-electron chi connectivity index (χ4n) is 3.64. The summed E-state index contributed by atoms with van der Waals surface area (Å²) in [6.07, 6.45) is 1.84. The monoisotopic (exact) mass is 362 g/mol. The molecule has 1 aliphatic heterocycles. The normalized spacial score (nSPS) is 19.7. The van der Waals surface area contributed by atoms with Gasteiger partial charge in [-0.3, -0.25) is 4.98 Å². The molecule has 2 aromatic heterocycles. The van der Waals surface area contributed by atoms with Crippen LogP contribution in [0.15, 0.2) is 60.8 Å². The van der Waals surface area contributed by atoms with Crippen LogP contribution in [-0.2, 0) is 7.05 Å². The van der Waals surface area contributed by atoms with E-state index in [4.69, 9.17) is 12.2 Å². The maximum Gasteiger partial charge on any atom is 0.174 e. The van der Waals surface area contributed by atoms with Crippen molar-refractivity contribution in [1.29, 1.82) is 0 Å². The molecule has 1 aliphatic rings. The van der Waals surface area contributed by atoms with Gasteiger partial charge in [-0.05, 0) is 68.0 Å². The molecule has 0 amide bonds. The molecule has 0 radical (unpaired) electrons. The summed E-state index contributed by atoms with van der Waals surface area (Å²) in [4.78, 5) is 6.81. The van der Waals surface area contributed by atoms with E-state index in [2.05, 4.69) is 83.1 Å². The molecule has 132 valence electrons. The molecule has 0 aliphatic carbocycles. The molecule has 0 spiro atoms. The average molecular weight is 363 g/mol. The molecule has 0 unspecified atom stereocenters. The maximum absolute atomic E-state index is 5.75. The topological polar surface area (TPSA) is 33.1 Å². The van der Waals surface area contributed by atoms with Gasteiger partial charge in [-0.1, -0.05) is 18.2 Å². The summed E-state index contributed by atoms with van der Waals surface area (Å²) < 4.78 is 2.24. The third-order valence-electron chi connectivity index (χ3n) is 5.09. The van der Waals surface area contributed by atoms with Crippen LogP contribution in [0.4, 0.5) is 5.69 Å². The Morgan fingerprint density at radius 3 is 2.54 bits per heavy atom. The van der Waals surface area contributed by atoms with Crippen molar-refractivity contribution in [3.8, 4) is 0 Å². The Morgan fingerprint density at radius 2 is 1.88 bits per heavy atom. The van der Waals surface area contributed by atoms with Crippen LogP contribution in [0.1, 0.15) is 34.7 Å². The molecule has 1 saturated heterocycles. The lowest BCUT2D eigenvalue weighted by Crippen LogP contribution is -2.30. The van der Waals surface area contributed by atoms with Gasteiger partial charge >= 0.3 is 0 Å². The van der Waals surface area contributed by atoms with E-state index in [0.29, 0.717) is 0 Å². The van der Waals surface area contributed by atoms with Gasteiger partial charge in [-0.2, -0.15) is 0 Å². The zero-order valence-corrected chi connectivity index (χ0v) is 16.0. The average Bonchev–Trinajstić information content (AvgIpc) is 3.15. The van der Waals surface area contributed by atoms with Crippen molar-refractivity contribution >= 4 is 23.0 Å². The molecule has 3 heterocycles. The molecule has 1 fully saturated rings. The molecule has 3 aromatic rings. The summed E-state index contributed by atoms with van der Waals surface area (Å²) in [5, 5.41) is 4.24. The highest BCUT2D eigenvalue weighted by atomic mass is 32.1. The third kappa shape index (κ3) is 2.78. The van der Waals surface area contributed by atoms with Gasteiger partial charge in [-0.15, -0.1) is 0 Å². The number of aryl methyl sites for hydroxylation is 2. The second-order valence-electron chi connectivity index (χ2n) is 6.79. The predicted molar refractivity (Wildman–Crippen MR) is 109 cm³/mol. The Labute approximate surface area is 159 Å². The second-order valence-corrected chi connectivity index (χ2v) is 7.18. The Morgan fingerprint density at radius 1 is 1.04 bits per heavy atom. The Balaban J connectivity index is 1.87. The number of aromatic nitrogens is 2. The third-order valence-corrected chi connectivity index (χ3v) is 5.41. The zero-order chi connectivity index (χ0) is 18.3. The highest BCUT2D eigenvalue weighted by Crippen LogP contribution is 2.41. The Bertz CT molecular complexity index is 948. The number of nitrogens with one attached hydrogen (secondary N) is 1. The minimum Gasteiger partial charge on any atom is -0.351 e.